The molecule has 9 heavy (non-hydrogen) atoms. The van der Waals surface area contributed by atoms with Crippen molar-refractivity contribution in [1.82, 2.24) is 0 Å². The molecule has 0 amide bonds. The summed E-state index contributed by atoms with van der Waals surface area (Å²) in [5, 5.41) is 2.40. The van der Waals surface area contributed by atoms with Gasteiger partial charge in [0.05, 0.1) is 6.54 Å². The number of nitrogens with two attached hydrogens (primary N) is 1. The maximum Gasteiger partial charge on any atom is 0.105 e. The van der Waals surface area contributed by atoms with E-state index in [-0.39, 0.29) is 12.4 Å². The third-order valence-electron chi connectivity index (χ3n) is 1.65. The van der Waals surface area contributed by atoms with E-state index in [1.807, 2.05) is 0 Å². The van der Waals surface area contributed by atoms with Crippen LogP contribution in [0.3, 0.4) is 0 Å². The first-order chi connectivity index (χ1) is 3.93. The monoisotopic (exact) mass is 147 g/mol. The van der Waals surface area contributed by atoms with Crippen LogP contribution in [0.25, 0.3) is 0 Å². The fourth-order valence-electron chi connectivity index (χ4n) is 1.23. The summed E-state index contributed by atoms with van der Waals surface area (Å²) < 4.78 is 0. The third-order valence-corrected chi connectivity index (χ3v) is 1.65. The number of hydrogen-bond acceptors (Lipinski definition) is 0. The van der Waals surface area contributed by atoms with Gasteiger partial charge in [-0.25, -0.2) is 0 Å². The Hall–Kier alpha value is -0.0100. The summed E-state index contributed by atoms with van der Waals surface area (Å²) in [5.41, 5.74) is 0. The molecule has 0 aromatic rings. The lowest BCUT2D eigenvalue weighted by Crippen LogP contribution is -3.00. The van der Waals surface area contributed by atoms with Crippen molar-refractivity contribution in [3.05, 3.63) is 12.2 Å². The summed E-state index contributed by atoms with van der Waals surface area (Å²) in [4.78, 5) is 0. The van der Waals surface area contributed by atoms with E-state index in [0.29, 0.717) is 0 Å². The number of quaternary nitrogens is 1. The minimum Gasteiger partial charge on any atom is -1.00 e. The first-order valence-electron chi connectivity index (χ1n) is 3.39. The topological polar surface area (TPSA) is 16.6 Å². The predicted octanol–water partition coefficient (Wildman–Crippen LogP) is -2.71. The summed E-state index contributed by atoms with van der Waals surface area (Å²) >= 11 is 0. The van der Waals surface area contributed by atoms with E-state index in [1.54, 1.807) is 0 Å². The highest BCUT2D eigenvalue weighted by molar-refractivity contribution is 4.86. The van der Waals surface area contributed by atoms with Gasteiger partial charge in [0.25, 0.3) is 0 Å². The number of halogens is 1. The van der Waals surface area contributed by atoms with E-state index < -0.39 is 0 Å². The second kappa shape index (κ2) is 4.83. The summed E-state index contributed by atoms with van der Waals surface area (Å²) in [6, 6.07) is 0.806. The molecule has 1 fully saturated rings. The fraction of sp³-hybridized carbons (Fsp3) is 0.714. The zero-order valence-corrected chi connectivity index (χ0v) is 6.56. The van der Waals surface area contributed by atoms with Crippen molar-refractivity contribution in [2.75, 3.05) is 6.54 Å². The Balaban J connectivity index is 0.000000640. The van der Waals surface area contributed by atoms with Gasteiger partial charge in [-0.1, -0.05) is 6.08 Å². The van der Waals surface area contributed by atoms with Gasteiger partial charge < -0.3 is 17.7 Å². The fourth-order valence-corrected chi connectivity index (χ4v) is 1.23. The molecule has 2 heteroatoms. The third kappa shape index (κ3) is 2.87. The predicted molar refractivity (Wildman–Crippen MR) is 34.6 cm³/mol. The summed E-state index contributed by atoms with van der Waals surface area (Å²) in [5.74, 6) is 0. The summed E-state index contributed by atoms with van der Waals surface area (Å²) in [7, 11) is 0. The maximum absolute atomic E-state index is 2.40. The Morgan fingerprint density at radius 2 is 2.33 bits per heavy atom. The second-order valence-corrected chi connectivity index (χ2v) is 2.36. The van der Waals surface area contributed by atoms with Crippen LogP contribution in [-0.2, 0) is 0 Å². The Kier molecular flexibility index (Phi) is 4.83. The smallest absolute Gasteiger partial charge is 0.105 e. The van der Waals surface area contributed by atoms with Crippen molar-refractivity contribution in [2.24, 2.45) is 0 Å². The minimum absolute atomic E-state index is 0. The molecule has 1 heterocycles. The van der Waals surface area contributed by atoms with E-state index in [2.05, 4.69) is 24.4 Å². The molecule has 0 aromatic heterocycles. The largest absolute Gasteiger partial charge is 1.00 e. The molecule has 1 rings (SSSR count). The van der Waals surface area contributed by atoms with Gasteiger partial charge >= 0.3 is 0 Å². The average Bonchev–Trinajstić information content (AvgIpc) is 2.19. The SMILES string of the molecule is C/C=C/[C@H]1CCC[NH2+]1.[Cl-]. The molecule has 2 N–H and O–H groups in total. The first-order valence-corrected chi connectivity index (χ1v) is 3.39. The Morgan fingerprint density at radius 1 is 1.56 bits per heavy atom. The summed E-state index contributed by atoms with van der Waals surface area (Å²) in [6.45, 7) is 3.42. The van der Waals surface area contributed by atoms with Crippen LogP contribution in [0.15, 0.2) is 12.2 Å². The lowest BCUT2D eigenvalue weighted by Gasteiger charge is -1.95. The lowest BCUT2D eigenvalue weighted by atomic mass is 10.2. The van der Waals surface area contributed by atoms with Crippen molar-refractivity contribution in [2.45, 2.75) is 25.8 Å². The zero-order valence-electron chi connectivity index (χ0n) is 5.81. The van der Waals surface area contributed by atoms with E-state index in [9.17, 15) is 0 Å². The molecule has 0 aliphatic carbocycles. The standard InChI is InChI=1S/C7H13N.ClH/c1-2-4-7-5-3-6-8-7;/h2,4,7-8H,3,5-6H2,1H3;1H/b4-2+;/t7-;/m0./s1. The van der Waals surface area contributed by atoms with Crippen molar-refractivity contribution in [1.29, 1.82) is 0 Å². The van der Waals surface area contributed by atoms with Crippen LogP contribution >= 0.6 is 0 Å². The molecule has 0 aromatic carbocycles. The molecule has 1 atom stereocenters. The molecular weight excluding hydrogens is 134 g/mol. The lowest BCUT2D eigenvalue weighted by molar-refractivity contribution is -0.659. The quantitative estimate of drug-likeness (QED) is 0.389. The van der Waals surface area contributed by atoms with Crippen LogP contribution < -0.4 is 17.7 Å². The van der Waals surface area contributed by atoms with Crippen LogP contribution in [0.5, 0.6) is 0 Å². The Bertz CT molecular complexity index is 84.9. The highest BCUT2D eigenvalue weighted by Gasteiger charge is 2.13. The van der Waals surface area contributed by atoms with Crippen LogP contribution in [0, 0.1) is 0 Å². The molecule has 0 spiro atoms. The molecule has 1 saturated heterocycles. The number of rotatable bonds is 1. The van der Waals surface area contributed by atoms with Gasteiger partial charge in [0.1, 0.15) is 6.04 Å². The summed E-state index contributed by atoms with van der Waals surface area (Å²) in [6.07, 6.45) is 7.21. The molecule has 0 saturated carbocycles. The highest BCUT2D eigenvalue weighted by Crippen LogP contribution is 1.97. The maximum atomic E-state index is 2.40. The van der Waals surface area contributed by atoms with Gasteiger partial charge in [-0.3, -0.25) is 0 Å². The van der Waals surface area contributed by atoms with Crippen LogP contribution in [0.1, 0.15) is 19.8 Å². The normalized spacial score (nSPS) is 26.6. The van der Waals surface area contributed by atoms with E-state index in [4.69, 9.17) is 0 Å². The van der Waals surface area contributed by atoms with Crippen molar-refractivity contribution in [3.8, 4) is 0 Å². The Labute approximate surface area is 62.9 Å². The van der Waals surface area contributed by atoms with Crippen LogP contribution in [0.4, 0.5) is 0 Å². The molecule has 54 valence electrons. The van der Waals surface area contributed by atoms with Crippen molar-refractivity contribution >= 4 is 0 Å². The van der Waals surface area contributed by atoms with Crippen molar-refractivity contribution in [3.63, 3.8) is 0 Å². The van der Waals surface area contributed by atoms with Crippen LogP contribution in [-0.4, -0.2) is 12.6 Å². The average molecular weight is 148 g/mol. The highest BCUT2D eigenvalue weighted by atomic mass is 35.5. The number of hydrogen-bond donors (Lipinski definition) is 1. The van der Waals surface area contributed by atoms with Gasteiger partial charge in [-0.05, 0) is 13.0 Å². The van der Waals surface area contributed by atoms with Gasteiger partial charge in [-0.15, -0.1) is 0 Å². The van der Waals surface area contributed by atoms with Gasteiger partial charge in [0.2, 0.25) is 0 Å². The minimum atomic E-state index is 0. The first kappa shape index (κ1) is 8.99. The molecule has 0 bridgehead atoms. The van der Waals surface area contributed by atoms with Gasteiger partial charge in [0.15, 0.2) is 0 Å². The molecule has 1 aliphatic rings. The van der Waals surface area contributed by atoms with Crippen LogP contribution in [0.2, 0.25) is 0 Å². The second-order valence-electron chi connectivity index (χ2n) is 2.36. The molecule has 1 nitrogen and oxygen atoms in total. The van der Waals surface area contributed by atoms with E-state index in [1.165, 1.54) is 19.4 Å². The van der Waals surface area contributed by atoms with Crippen molar-refractivity contribution < 1.29 is 17.7 Å². The van der Waals surface area contributed by atoms with Gasteiger partial charge in [0, 0.05) is 12.8 Å². The van der Waals surface area contributed by atoms with E-state index in [0.717, 1.165) is 6.04 Å². The van der Waals surface area contributed by atoms with E-state index >= 15 is 0 Å². The molecule has 0 unspecified atom stereocenters. The molecule has 1 aliphatic heterocycles. The van der Waals surface area contributed by atoms with Gasteiger partial charge in [-0.2, -0.15) is 0 Å². The molecular formula is C7H14ClN. The number of allylic oxidation sites excluding steroid dienone is 1. The Morgan fingerprint density at radius 3 is 2.78 bits per heavy atom. The zero-order chi connectivity index (χ0) is 5.82. The molecule has 0 radical (unpaired) electrons.